The summed E-state index contributed by atoms with van der Waals surface area (Å²) in [5, 5.41) is 4.49. The first-order valence-electron chi connectivity index (χ1n) is 7.86. The number of hydrogen-bond acceptors (Lipinski definition) is 4. The number of carbonyl (C=O) groups is 1. The van der Waals surface area contributed by atoms with Crippen molar-refractivity contribution in [2.45, 2.75) is 26.6 Å². The molecule has 1 aromatic carbocycles. The fourth-order valence-corrected chi connectivity index (χ4v) is 2.92. The summed E-state index contributed by atoms with van der Waals surface area (Å²) in [7, 11) is 3.19. The summed E-state index contributed by atoms with van der Waals surface area (Å²) in [4.78, 5) is 19.9. The number of aromatic nitrogens is 2. The fourth-order valence-electron chi connectivity index (χ4n) is 2.92. The molecule has 0 saturated heterocycles. The summed E-state index contributed by atoms with van der Waals surface area (Å²) >= 11 is 0. The van der Waals surface area contributed by atoms with Crippen molar-refractivity contribution in [2.24, 2.45) is 0 Å². The molecule has 126 valence electrons. The highest BCUT2D eigenvalue weighted by atomic mass is 16.5. The van der Waals surface area contributed by atoms with E-state index >= 15 is 0 Å². The molecule has 0 aliphatic carbocycles. The van der Waals surface area contributed by atoms with Crippen LogP contribution in [0.4, 0.5) is 0 Å². The summed E-state index contributed by atoms with van der Waals surface area (Å²) < 4.78 is 11.3. The van der Waals surface area contributed by atoms with E-state index in [1.54, 1.807) is 20.4 Å². The third-order valence-corrected chi connectivity index (χ3v) is 3.82. The number of hydrogen-bond donors (Lipinski definition) is 2. The molecule has 0 spiro atoms. The Morgan fingerprint density at radius 2 is 2.08 bits per heavy atom. The highest BCUT2D eigenvalue weighted by molar-refractivity contribution is 6.14. The van der Waals surface area contributed by atoms with Gasteiger partial charge in [-0.2, -0.15) is 0 Å². The molecule has 3 aromatic rings. The van der Waals surface area contributed by atoms with Crippen LogP contribution in [0, 0.1) is 0 Å². The molecule has 2 heterocycles. The van der Waals surface area contributed by atoms with E-state index in [2.05, 4.69) is 15.3 Å². The van der Waals surface area contributed by atoms with E-state index in [9.17, 15) is 4.79 Å². The van der Waals surface area contributed by atoms with E-state index in [0.29, 0.717) is 5.69 Å². The lowest BCUT2D eigenvalue weighted by atomic mass is 10.0. The maximum absolute atomic E-state index is 12.2. The van der Waals surface area contributed by atoms with Crippen LogP contribution in [0.25, 0.3) is 21.8 Å². The van der Waals surface area contributed by atoms with Gasteiger partial charge in [-0.1, -0.05) is 6.07 Å². The Balaban J connectivity index is 2.39. The lowest BCUT2D eigenvalue weighted by molar-refractivity contribution is 0.0953. The van der Waals surface area contributed by atoms with Gasteiger partial charge in [-0.15, -0.1) is 0 Å². The number of rotatable bonds is 5. The van der Waals surface area contributed by atoms with Gasteiger partial charge in [-0.3, -0.25) is 4.79 Å². The number of benzene rings is 1. The maximum atomic E-state index is 12.2. The number of H-pyrrole nitrogens is 1. The second-order valence-corrected chi connectivity index (χ2v) is 5.86. The molecule has 0 radical (unpaired) electrons. The van der Waals surface area contributed by atoms with Gasteiger partial charge in [0.1, 0.15) is 11.4 Å². The lowest BCUT2D eigenvalue weighted by Gasteiger charge is -2.13. The highest BCUT2D eigenvalue weighted by Gasteiger charge is 2.20. The molecule has 3 rings (SSSR count). The number of aromatic amines is 1. The zero-order chi connectivity index (χ0) is 17.3. The predicted octanol–water partition coefficient (Wildman–Crippen LogP) is 3.01. The molecule has 0 atom stereocenters. The third kappa shape index (κ3) is 2.69. The number of ether oxygens (including phenoxy) is 2. The third-order valence-electron chi connectivity index (χ3n) is 3.82. The predicted molar refractivity (Wildman–Crippen MR) is 93.5 cm³/mol. The summed E-state index contributed by atoms with van der Waals surface area (Å²) in [6.45, 7) is 4.26. The molecule has 6 nitrogen and oxygen atoms in total. The van der Waals surface area contributed by atoms with Crippen molar-refractivity contribution in [1.29, 1.82) is 0 Å². The number of pyridine rings is 1. The quantitative estimate of drug-likeness (QED) is 0.755. The average molecular weight is 327 g/mol. The van der Waals surface area contributed by atoms with Crippen LogP contribution < -0.4 is 10.1 Å². The molecule has 24 heavy (non-hydrogen) atoms. The molecule has 0 fully saturated rings. The van der Waals surface area contributed by atoms with Crippen LogP contribution in [0.1, 0.15) is 29.9 Å². The van der Waals surface area contributed by atoms with Gasteiger partial charge in [0.05, 0.1) is 29.9 Å². The van der Waals surface area contributed by atoms with Gasteiger partial charge in [0.2, 0.25) is 0 Å². The summed E-state index contributed by atoms with van der Waals surface area (Å²) in [6.07, 6.45) is 1.73. The zero-order valence-electron chi connectivity index (χ0n) is 14.3. The smallest absolute Gasteiger partial charge is 0.270 e. The number of carbonyl (C=O) groups excluding carboxylic acids is 1. The largest absolute Gasteiger partial charge is 0.490 e. The van der Waals surface area contributed by atoms with E-state index < -0.39 is 0 Å². The van der Waals surface area contributed by atoms with E-state index in [1.807, 2.05) is 32.0 Å². The van der Waals surface area contributed by atoms with Crippen molar-refractivity contribution in [1.82, 2.24) is 15.3 Å². The van der Waals surface area contributed by atoms with Gasteiger partial charge in [-0.05, 0) is 26.0 Å². The van der Waals surface area contributed by atoms with E-state index in [4.69, 9.17) is 9.47 Å². The number of nitrogens with zero attached hydrogens (tertiary/aromatic N) is 1. The van der Waals surface area contributed by atoms with Gasteiger partial charge in [0.25, 0.3) is 5.91 Å². The normalized spacial score (nSPS) is 11.4. The van der Waals surface area contributed by atoms with Gasteiger partial charge in [0, 0.05) is 30.5 Å². The average Bonchev–Trinajstić information content (AvgIpc) is 2.94. The minimum Gasteiger partial charge on any atom is -0.490 e. The zero-order valence-corrected chi connectivity index (χ0v) is 14.3. The summed E-state index contributed by atoms with van der Waals surface area (Å²) in [5.41, 5.74) is 2.91. The molecular formula is C18H21N3O3. The van der Waals surface area contributed by atoms with E-state index in [-0.39, 0.29) is 18.6 Å². The molecule has 2 aromatic heterocycles. The maximum Gasteiger partial charge on any atom is 0.270 e. The van der Waals surface area contributed by atoms with Gasteiger partial charge < -0.3 is 19.8 Å². The molecule has 2 N–H and O–H groups in total. The SMILES string of the molecule is CNC(=O)c1ncc2[nH]c3cccc(OC(C)C)c3c2c1COC. The first-order chi connectivity index (χ1) is 11.6. The Kier molecular flexibility index (Phi) is 4.40. The van der Waals surface area contributed by atoms with Crippen LogP contribution >= 0.6 is 0 Å². The van der Waals surface area contributed by atoms with Crippen molar-refractivity contribution >= 4 is 27.7 Å². The standard InChI is InChI=1S/C18H21N3O3/c1-10(2)24-14-7-5-6-12-16(14)15-11(9-23-4)17(18(22)19-3)20-8-13(15)21-12/h5-8,10,21H,9H2,1-4H3,(H,19,22). The Morgan fingerprint density at radius 1 is 1.29 bits per heavy atom. The van der Waals surface area contributed by atoms with Crippen molar-refractivity contribution in [2.75, 3.05) is 14.2 Å². The number of amides is 1. The van der Waals surface area contributed by atoms with Crippen LogP contribution in [0.15, 0.2) is 24.4 Å². The van der Waals surface area contributed by atoms with Gasteiger partial charge in [-0.25, -0.2) is 4.98 Å². The van der Waals surface area contributed by atoms with E-state index in [1.165, 1.54) is 0 Å². The van der Waals surface area contributed by atoms with Crippen molar-refractivity contribution < 1.29 is 14.3 Å². The highest BCUT2D eigenvalue weighted by Crippen LogP contribution is 2.36. The Bertz CT molecular complexity index is 899. The molecule has 0 saturated carbocycles. The first-order valence-corrected chi connectivity index (χ1v) is 7.86. The van der Waals surface area contributed by atoms with Crippen molar-refractivity contribution in [3.8, 4) is 5.75 Å². The molecule has 0 aliphatic rings. The minimum absolute atomic E-state index is 0.0478. The first kappa shape index (κ1) is 16.3. The number of nitrogens with one attached hydrogen (secondary N) is 2. The fraction of sp³-hybridized carbons (Fsp3) is 0.333. The number of fused-ring (bicyclic) bond motifs is 3. The molecule has 0 bridgehead atoms. The monoisotopic (exact) mass is 327 g/mol. The van der Waals surface area contributed by atoms with Crippen molar-refractivity contribution in [3.05, 3.63) is 35.7 Å². The van der Waals surface area contributed by atoms with Crippen LogP contribution in [0.5, 0.6) is 5.75 Å². The molecule has 6 heteroatoms. The summed E-state index contributed by atoms with van der Waals surface area (Å²) in [5.74, 6) is 0.542. The van der Waals surface area contributed by atoms with Crippen LogP contribution in [-0.4, -0.2) is 36.1 Å². The molecule has 0 unspecified atom stereocenters. The van der Waals surface area contributed by atoms with Crippen LogP contribution in [0.2, 0.25) is 0 Å². The number of methoxy groups -OCH3 is 1. The molecule has 1 amide bonds. The van der Waals surface area contributed by atoms with Crippen LogP contribution in [0.3, 0.4) is 0 Å². The van der Waals surface area contributed by atoms with E-state index in [0.717, 1.165) is 33.1 Å². The Morgan fingerprint density at radius 3 is 2.75 bits per heavy atom. The lowest BCUT2D eigenvalue weighted by Crippen LogP contribution is -2.21. The second kappa shape index (κ2) is 6.49. The topological polar surface area (TPSA) is 76.2 Å². The van der Waals surface area contributed by atoms with Crippen molar-refractivity contribution in [3.63, 3.8) is 0 Å². The summed E-state index contributed by atoms with van der Waals surface area (Å²) in [6, 6.07) is 5.86. The second-order valence-electron chi connectivity index (χ2n) is 5.86. The Hall–Kier alpha value is -2.60. The Labute approximate surface area is 140 Å². The molecule has 0 aliphatic heterocycles. The van der Waals surface area contributed by atoms with Gasteiger partial charge in [0.15, 0.2) is 0 Å². The minimum atomic E-state index is -0.236. The van der Waals surface area contributed by atoms with Gasteiger partial charge >= 0.3 is 0 Å². The molecular weight excluding hydrogens is 306 g/mol. The van der Waals surface area contributed by atoms with Crippen LogP contribution in [-0.2, 0) is 11.3 Å².